The summed E-state index contributed by atoms with van der Waals surface area (Å²) in [4.78, 5) is 34.4. The fraction of sp³-hybridized carbons (Fsp3) is 0.386. The van der Waals surface area contributed by atoms with Gasteiger partial charge in [-0.15, -0.1) is 51.7 Å². The van der Waals surface area contributed by atoms with E-state index in [0.717, 1.165) is 91.1 Å². The number of hydrogen-bond acceptors (Lipinski definition) is 6. The molecule has 0 spiro atoms. The van der Waals surface area contributed by atoms with Gasteiger partial charge in [0.25, 0.3) is 0 Å². The first-order valence-corrected chi connectivity index (χ1v) is 22.9. The van der Waals surface area contributed by atoms with Gasteiger partial charge in [0.1, 0.15) is 11.6 Å². The van der Waals surface area contributed by atoms with Crippen molar-refractivity contribution in [2.45, 2.75) is 139 Å². The quantitative estimate of drug-likeness (QED) is 0.0579. The second kappa shape index (κ2) is 31.9. The van der Waals surface area contributed by atoms with E-state index >= 15 is 0 Å². The third-order valence-electron chi connectivity index (χ3n) is 10.7. The van der Waals surface area contributed by atoms with Crippen LogP contribution in [-0.4, -0.2) is 54.3 Å². The third-order valence-corrected chi connectivity index (χ3v) is 10.7. The van der Waals surface area contributed by atoms with E-state index in [2.05, 4.69) is 188 Å². The number of nitrogens with zero attached hydrogens (tertiary/aromatic N) is 4. The summed E-state index contributed by atoms with van der Waals surface area (Å²) in [5.74, 6) is 1.82. The van der Waals surface area contributed by atoms with Crippen LogP contribution in [0.3, 0.4) is 0 Å². The summed E-state index contributed by atoms with van der Waals surface area (Å²) in [6.07, 6.45) is 34.2. The van der Waals surface area contributed by atoms with Crippen LogP contribution in [0, 0.1) is 38.5 Å². The van der Waals surface area contributed by atoms with Crippen LogP contribution in [0.15, 0.2) is 98.6 Å². The Bertz CT molecular complexity index is 2310. The molecule has 0 saturated carbocycles. The molecule has 9 nitrogen and oxygen atoms in total. The summed E-state index contributed by atoms with van der Waals surface area (Å²) in [7, 11) is 0. The number of aryl methyl sites for hydroxylation is 2. The van der Waals surface area contributed by atoms with Gasteiger partial charge in [-0.3, -0.25) is 4.79 Å². The third kappa shape index (κ3) is 16.9. The van der Waals surface area contributed by atoms with E-state index in [0.29, 0.717) is 18.3 Å². The molecule has 0 bridgehead atoms. The van der Waals surface area contributed by atoms with E-state index in [1.807, 2.05) is 18.0 Å². The summed E-state index contributed by atoms with van der Waals surface area (Å²) >= 11 is 0. The minimum atomic E-state index is 0.0381. The summed E-state index contributed by atoms with van der Waals surface area (Å²) < 4.78 is 0. The normalized spacial score (nSPS) is 10.8. The van der Waals surface area contributed by atoms with Crippen LogP contribution < -0.4 is 11.1 Å². The van der Waals surface area contributed by atoms with Crippen LogP contribution in [-0.2, 0) is 30.7 Å². The molecular formula is C57H80N8O. The first-order chi connectivity index (χ1) is 31.8. The highest BCUT2D eigenvalue weighted by Crippen LogP contribution is 2.39. The smallest absolute Gasteiger partial charge is 0.242 e. The number of amides is 1. The van der Waals surface area contributed by atoms with Gasteiger partial charge in [-0.05, 0) is 122 Å². The average Bonchev–Trinajstić information content (AvgIpc) is 3.99. The molecular weight excluding hydrogens is 813 g/mol. The van der Waals surface area contributed by atoms with Gasteiger partial charge >= 0.3 is 0 Å². The van der Waals surface area contributed by atoms with E-state index in [1.54, 1.807) is 6.92 Å². The van der Waals surface area contributed by atoms with Crippen molar-refractivity contribution in [3.8, 4) is 60.9 Å². The number of carbonyl (C=O) groups excluding carboxylic acids is 1. The molecule has 1 aliphatic rings. The maximum absolute atomic E-state index is 13.0. The number of carbonyl (C=O) groups is 1. The van der Waals surface area contributed by atoms with Gasteiger partial charge < -0.3 is 30.8 Å². The minimum Gasteiger partial charge on any atom is -0.403 e. The average molecular weight is 893 g/mol. The fourth-order valence-corrected chi connectivity index (χ4v) is 7.58. The van der Waals surface area contributed by atoms with E-state index in [4.69, 9.17) is 10.7 Å². The summed E-state index contributed by atoms with van der Waals surface area (Å²) in [6, 6.07) is 16.4. The number of allylic oxidation sites excluding steroid dienone is 3. The second-order valence-corrected chi connectivity index (χ2v) is 15.9. The zero-order chi connectivity index (χ0) is 50.5. The lowest BCUT2D eigenvalue weighted by Gasteiger charge is -2.33. The number of aromatic amines is 2. The van der Waals surface area contributed by atoms with Gasteiger partial charge in [-0.25, -0.2) is 9.97 Å². The molecule has 9 heteroatoms. The number of benzene rings is 3. The Morgan fingerprint density at radius 3 is 1.92 bits per heavy atom. The number of nitrogens with one attached hydrogen (secondary N) is 3. The number of hydrogen-bond donors (Lipinski definition) is 4. The van der Waals surface area contributed by atoms with Crippen molar-refractivity contribution in [3.05, 3.63) is 121 Å². The summed E-state index contributed by atoms with van der Waals surface area (Å²) in [5, 5.41) is 5.49. The standard InChI is InChI=1S/C43H55N7O.C3H7N.C3H8.C2H4.3C2H2/c1-9-13-29(8)49(34(11-3)12-4)26-41-46-38-19-17-32-21-36-31(22-37(32)43(38)48-41)15-14-30-20-33(16-18-35(30)36)39-23-45-40(47-39)25-50(28(7)10-2)42(51)24-44-27(5)6;1-3(2)4;1-3-2;4*1-2/h16-23,28,34,44H,5,8-15,24-26H2,1-4,6-7H3,(H,45,47)(H,46,48);1,4H2,2H3;3H2,1-2H3;1-2H2;3*1-2H/t28-;;;;;;/m0....../s1. The molecule has 0 saturated heterocycles. The highest BCUT2D eigenvalue weighted by Gasteiger charge is 2.23. The van der Waals surface area contributed by atoms with Gasteiger partial charge in [0.2, 0.25) is 5.91 Å². The zero-order valence-electron chi connectivity index (χ0n) is 41.8. The molecule has 1 amide bonds. The topological polar surface area (TPSA) is 119 Å². The van der Waals surface area contributed by atoms with Gasteiger partial charge in [-0.1, -0.05) is 92.3 Å². The maximum atomic E-state index is 13.0. The molecule has 0 radical (unpaired) electrons. The number of nitrogens with two attached hydrogens (primary N) is 1. The number of aromatic nitrogens is 4. The highest BCUT2D eigenvalue weighted by molar-refractivity contribution is 6.06. The number of rotatable bonds is 16. The predicted octanol–water partition coefficient (Wildman–Crippen LogP) is 12.9. The molecule has 2 aromatic heterocycles. The molecule has 2 heterocycles. The lowest BCUT2D eigenvalue weighted by molar-refractivity contribution is -0.133. The molecule has 354 valence electrons. The van der Waals surface area contributed by atoms with E-state index in [-0.39, 0.29) is 18.5 Å². The largest absolute Gasteiger partial charge is 0.403 e. The lowest BCUT2D eigenvalue weighted by atomic mass is 9.83. The van der Waals surface area contributed by atoms with Crippen LogP contribution in [0.4, 0.5) is 0 Å². The number of fused-ring (bicyclic) bond motifs is 6. The molecule has 5 N–H and O–H groups in total. The fourth-order valence-electron chi connectivity index (χ4n) is 7.58. The van der Waals surface area contributed by atoms with E-state index in [1.165, 1.54) is 45.1 Å². The Balaban J connectivity index is 0.00000252. The molecule has 1 aliphatic carbocycles. The number of H-pyrrole nitrogens is 2. The summed E-state index contributed by atoms with van der Waals surface area (Å²) in [6.45, 7) is 37.9. The van der Waals surface area contributed by atoms with Crippen molar-refractivity contribution in [2.75, 3.05) is 6.54 Å². The van der Waals surface area contributed by atoms with Gasteiger partial charge in [0.05, 0.1) is 42.6 Å². The molecule has 1 atom stereocenters. The highest BCUT2D eigenvalue weighted by atomic mass is 16.2. The van der Waals surface area contributed by atoms with Gasteiger partial charge in [0, 0.05) is 28.9 Å². The van der Waals surface area contributed by atoms with E-state index < -0.39 is 0 Å². The van der Waals surface area contributed by atoms with Crippen molar-refractivity contribution in [3.63, 3.8) is 0 Å². The molecule has 66 heavy (non-hydrogen) atoms. The Morgan fingerprint density at radius 1 is 0.803 bits per heavy atom. The van der Waals surface area contributed by atoms with Crippen molar-refractivity contribution in [1.82, 2.24) is 35.1 Å². The second-order valence-electron chi connectivity index (χ2n) is 15.9. The SMILES string of the molecule is C#C.C#C.C#C.C=C.C=C(C)N.C=C(C)NCC(=O)N(Cc1ncc(-c2ccc3c(c2)CCc2cc4c(ccc5[nH]c(CN(C(=C)CCC)C(CC)CC)nc54)cc2-3)[nH]1)[C@@H](C)CC.CCC. The van der Waals surface area contributed by atoms with E-state index in [9.17, 15) is 4.79 Å². The molecule has 6 rings (SSSR count). The van der Waals surface area contributed by atoms with Crippen LogP contribution in [0.2, 0.25) is 0 Å². The molecule has 5 aromatic rings. The zero-order valence-corrected chi connectivity index (χ0v) is 41.8. The van der Waals surface area contributed by atoms with Gasteiger partial charge in [-0.2, -0.15) is 0 Å². The Morgan fingerprint density at radius 2 is 1.38 bits per heavy atom. The number of terminal acetylenes is 3. The molecule has 0 fully saturated rings. The summed E-state index contributed by atoms with van der Waals surface area (Å²) in [5.41, 5.74) is 17.1. The minimum absolute atomic E-state index is 0.0381. The van der Waals surface area contributed by atoms with Crippen molar-refractivity contribution < 1.29 is 4.79 Å². The maximum Gasteiger partial charge on any atom is 0.242 e. The number of imidazole rings is 2. The molecule has 0 unspecified atom stereocenters. The Hall–Kier alpha value is -6.89. The first kappa shape index (κ1) is 59.1. The first-order valence-electron chi connectivity index (χ1n) is 22.9. The van der Waals surface area contributed by atoms with Gasteiger partial charge in [0.15, 0.2) is 0 Å². The van der Waals surface area contributed by atoms with Crippen LogP contribution in [0.1, 0.15) is 124 Å². The van der Waals surface area contributed by atoms with Crippen LogP contribution >= 0.6 is 0 Å². The molecule has 0 aliphatic heterocycles. The van der Waals surface area contributed by atoms with Crippen molar-refractivity contribution in [1.29, 1.82) is 0 Å². The van der Waals surface area contributed by atoms with Crippen molar-refractivity contribution >= 4 is 27.7 Å². The van der Waals surface area contributed by atoms with Crippen LogP contribution in [0.5, 0.6) is 0 Å². The Kier molecular flexibility index (Phi) is 28.5. The Labute approximate surface area is 399 Å². The lowest BCUT2D eigenvalue weighted by Crippen LogP contribution is -2.42. The monoisotopic (exact) mass is 893 g/mol. The van der Waals surface area contributed by atoms with Crippen LogP contribution in [0.25, 0.3) is 44.2 Å². The predicted molar refractivity (Wildman–Crippen MR) is 287 cm³/mol. The molecule has 3 aromatic carbocycles. The van der Waals surface area contributed by atoms with Crippen molar-refractivity contribution in [2.24, 2.45) is 5.73 Å².